The van der Waals surface area contributed by atoms with Crippen LogP contribution in [0.3, 0.4) is 0 Å². The van der Waals surface area contributed by atoms with Crippen molar-refractivity contribution in [1.82, 2.24) is 0 Å². The highest BCUT2D eigenvalue weighted by Crippen LogP contribution is 2.30. The van der Waals surface area contributed by atoms with E-state index in [0.717, 1.165) is 11.8 Å². The van der Waals surface area contributed by atoms with Gasteiger partial charge in [0, 0.05) is 0 Å². The standard InChI is InChI=1S/C13H22/c1-10(2)9-12-5-7-13(8-6-12)11(3)4/h5,10,13H,3,6-9H2,1-2,4H3. The quantitative estimate of drug-likeness (QED) is 0.564. The molecule has 0 bridgehead atoms. The largest absolute Gasteiger partial charge is 0.0998 e. The molecule has 0 radical (unpaired) electrons. The van der Waals surface area contributed by atoms with Crippen molar-refractivity contribution in [2.75, 3.05) is 0 Å². The first-order valence-corrected chi connectivity index (χ1v) is 5.43. The average Bonchev–Trinajstić information content (AvgIpc) is 2.04. The topological polar surface area (TPSA) is 0 Å². The van der Waals surface area contributed by atoms with Gasteiger partial charge in [-0.3, -0.25) is 0 Å². The summed E-state index contributed by atoms with van der Waals surface area (Å²) in [6.07, 6.45) is 7.60. The number of hydrogen-bond donors (Lipinski definition) is 0. The van der Waals surface area contributed by atoms with Crippen LogP contribution in [0.2, 0.25) is 0 Å². The summed E-state index contributed by atoms with van der Waals surface area (Å²) >= 11 is 0. The molecule has 0 fully saturated rings. The smallest absolute Gasteiger partial charge is 0.0171 e. The van der Waals surface area contributed by atoms with E-state index >= 15 is 0 Å². The van der Waals surface area contributed by atoms with Gasteiger partial charge in [0.05, 0.1) is 0 Å². The van der Waals surface area contributed by atoms with Crippen molar-refractivity contribution in [3.05, 3.63) is 23.8 Å². The predicted molar refractivity (Wildman–Crippen MR) is 59.7 cm³/mol. The lowest BCUT2D eigenvalue weighted by molar-refractivity contribution is 0.511. The van der Waals surface area contributed by atoms with Gasteiger partial charge in [-0.05, 0) is 44.4 Å². The molecule has 1 rings (SSSR count). The Kier molecular flexibility index (Phi) is 3.77. The molecule has 1 aliphatic rings. The van der Waals surface area contributed by atoms with Gasteiger partial charge in [-0.15, -0.1) is 0 Å². The molecule has 0 amide bonds. The highest BCUT2D eigenvalue weighted by molar-refractivity contribution is 5.12. The molecule has 0 saturated heterocycles. The third kappa shape index (κ3) is 3.38. The Morgan fingerprint density at radius 2 is 2.31 bits per heavy atom. The minimum Gasteiger partial charge on any atom is -0.0998 e. The van der Waals surface area contributed by atoms with Gasteiger partial charge in [-0.2, -0.15) is 0 Å². The minimum atomic E-state index is 0.760. The van der Waals surface area contributed by atoms with Gasteiger partial charge in [0.1, 0.15) is 0 Å². The zero-order chi connectivity index (χ0) is 9.84. The van der Waals surface area contributed by atoms with E-state index in [-0.39, 0.29) is 0 Å². The van der Waals surface area contributed by atoms with E-state index in [0.29, 0.717) is 0 Å². The Morgan fingerprint density at radius 1 is 1.62 bits per heavy atom. The van der Waals surface area contributed by atoms with Crippen LogP contribution in [0.15, 0.2) is 23.8 Å². The second kappa shape index (κ2) is 4.64. The number of hydrogen-bond acceptors (Lipinski definition) is 0. The van der Waals surface area contributed by atoms with E-state index in [2.05, 4.69) is 33.4 Å². The van der Waals surface area contributed by atoms with Crippen molar-refractivity contribution in [3.8, 4) is 0 Å². The number of allylic oxidation sites excluding steroid dienone is 3. The van der Waals surface area contributed by atoms with E-state index in [1.807, 2.05) is 0 Å². The molecule has 0 heterocycles. The summed E-state index contributed by atoms with van der Waals surface area (Å²) in [5, 5.41) is 0. The molecule has 1 aliphatic carbocycles. The molecule has 0 aromatic carbocycles. The predicted octanol–water partition coefficient (Wildman–Crippen LogP) is 4.34. The maximum absolute atomic E-state index is 4.04. The van der Waals surface area contributed by atoms with Gasteiger partial charge >= 0.3 is 0 Å². The van der Waals surface area contributed by atoms with Crippen LogP contribution in [0.5, 0.6) is 0 Å². The van der Waals surface area contributed by atoms with Crippen LogP contribution in [-0.2, 0) is 0 Å². The van der Waals surface area contributed by atoms with Crippen LogP contribution in [0.25, 0.3) is 0 Å². The molecule has 0 heteroatoms. The van der Waals surface area contributed by atoms with Crippen LogP contribution in [0.1, 0.15) is 46.5 Å². The molecular weight excluding hydrogens is 156 g/mol. The molecule has 0 nitrogen and oxygen atoms in total. The summed E-state index contributed by atoms with van der Waals surface area (Å²) in [5.41, 5.74) is 3.03. The van der Waals surface area contributed by atoms with E-state index < -0.39 is 0 Å². The summed E-state index contributed by atoms with van der Waals surface area (Å²) in [6, 6.07) is 0. The monoisotopic (exact) mass is 178 g/mol. The molecule has 0 N–H and O–H groups in total. The molecular formula is C13H22. The second-order valence-corrected chi connectivity index (χ2v) is 4.78. The van der Waals surface area contributed by atoms with Crippen molar-refractivity contribution in [3.63, 3.8) is 0 Å². The van der Waals surface area contributed by atoms with Crippen molar-refractivity contribution >= 4 is 0 Å². The Labute approximate surface area is 82.7 Å². The third-order valence-corrected chi connectivity index (χ3v) is 2.87. The first-order chi connectivity index (χ1) is 6.09. The average molecular weight is 178 g/mol. The summed E-state index contributed by atoms with van der Waals surface area (Å²) < 4.78 is 0. The fraction of sp³-hybridized carbons (Fsp3) is 0.692. The first kappa shape index (κ1) is 10.6. The van der Waals surface area contributed by atoms with Crippen molar-refractivity contribution in [2.24, 2.45) is 11.8 Å². The summed E-state index contributed by atoms with van der Waals surface area (Å²) in [4.78, 5) is 0. The first-order valence-electron chi connectivity index (χ1n) is 5.43. The lowest BCUT2D eigenvalue weighted by Crippen LogP contribution is -2.07. The van der Waals surface area contributed by atoms with Crippen LogP contribution in [0, 0.1) is 11.8 Å². The van der Waals surface area contributed by atoms with Crippen molar-refractivity contribution in [2.45, 2.75) is 46.5 Å². The molecule has 0 aliphatic heterocycles. The van der Waals surface area contributed by atoms with E-state index in [1.54, 1.807) is 5.57 Å². The summed E-state index contributed by atoms with van der Waals surface area (Å²) in [7, 11) is 0. The lowest BCUT2D eigenvalue weighted by Gasteiger charge is -2.22. The normalized spacial score (nSPS) is 23.1. The molecule has 1 unspecified atom stereocenters. The second-order valence-electron chi connectivity index (χ2n) is 4.78. The van der Waals surface area contributed by atoms with Crippen molar-refractivity contribution in [1.29, 1.82) is 0 Å². The van der Waals surface area contributed by atoms with E-state index in [1.165, 1.54) is 31.3 Å². The highest BCUT2D eigenvalue weighted by atomic mass is 14.2. The Morgan fingerprint density at radius 3 is 2.69 bits per heavy atom. The van der Waals surface area contributed by atoms with Gasteiger partial charge < -0.3 is 0 Å². The van der Waals surface area contributed by atoms with Crippen LogP contribution < -0.4 is 0 Å². The van der Waals surface area contributed by atoms with E-state index in [4.69, 9.17) is 0 Å². The van der Waals surface area contributed by atoms with Crippen LogP contribution in [-0.4, -0.2) is 0 Å². The Balaban J connectivity index is 2.43. The lowest BCUT2D eigenvalue weighted by atomic mass is 9.83. The zero-order valence-corrected chi connectivity index (χ0v) is 9.27. The summed E-state index contributed by atoms with van der Waals surface area (Å²) in [5.74, 6) is 1.57. The molecule has 13 heavy (non-hydrogen) atoms. The Hall–Kier alpha value is -0.520. The molecule has 74 valence electrons. The van der Waals surface area contributed by atoms with Gasteiger partial charge in [0.15, 0.2) is 0 Å². The molecule has 0 aromatic rings. The third-order valence-electron chi connectivity index (χ3n) is 2.87. The van der Waals surface area contributed by atoms with E-state index in [9.17, 15) is 0 Å². The highest BCUT2D eigenvalue weighted by Gasteiger charge is 2.14. The van der Waals surface area contributed by atoms with Gasteiger partial charge in [0.25, 0.3) is 0 Å². The minimum absolute atomic E-state index is 0.760. The molecule has 1 atom stereocenters. The molecule has 0 aromatic heterocycles. The zero-order valence-electron chi connectivity index (χ0n) is 9.27. The van der Waals surface area contributed by atoms with Crippen LogP contribution >= 0.6 is 0 Å². The van der Waals surface area contributed by atoms with Crippen LogP contribution in [0.4, 0.5) is 0 Å². The Bertz CT molecular complexity index is 208. The van der Waals surface area contributed by atoms with Crippen molar-refractivity contribution < 1.29 is 0 Å². The SMILES string of the molecule is C=C(C)C1CC=C(CC(C)C)CC1. The molecule has 0 saturated carbocycles. The fourth-order valence-electron chi connectivity index (χ4n) is 2.05. The fourth-order valence-corrected chi connectivity index (χ4v) is 2.05. The van der Waals surface area contributed by atoms with Gasteiger partial charge in [0.2, 0.25) is 0 Å². The van der Waals surface area contributed by atoms with Gasteiger partial charge in [-0.25, -0.2) is 0 Å². The summed E-state index contributed by atoms with van der Waals surface area (Å²) in [6.45, 7) is 10.8. The molecule has 0 spiro atoms. The maximum Gasteiger partial charge on any atom is -0.0171 e. The van der Waals surface area contributed by atoms with Gasteiger partial charge in [-0.1, -0.05) is 37.6 Å². The number of rotatable bonds is 3. The maximum atomic E-state index is 4.04.